The van der Waals surface area contributed by atoms with Crippen molar-refractivity contribution in [3.63, 3.8) is 0 Å². The van der Waals surface area contributed by atoms with Gasteiger partial charge in [0.15, 0.2) is 6.61 Å². The van der Waals surface area contributed by atoms with Crippen molar-refractivity contribution in [2.75, 3.05) is 17.7 Å². The van der Waals surface area contributed by atoms with E-state index in [-0.39, 0.29) is 5.75 Å². The fourth-order valence-electron chi connectivity index (χ4n) is 2.40. The molecule has 0 unspecified atom stereocenters. The minimum atomic E-state index is -0.630. The molecule has 0 saturated carbocycles. The summed E-state index contributed by atoms with van der Waals surface area (Å²) in [5, 5.41) is 6.92. The zero-order valence-electron chi connectivity index (χ0n) is 15.9. The maximum Gasteiger partial charge on any atom is 0.331 e. The number of primary amides is 1. The first-order chi connectivity index (χ1) is 13.3. The van der Waals surface area contributed by atoms with Crippen LogP contribution in [0.15, 0.2) is 35.2 Å². The van der Waals surface area contributed by atoms with Crippen LogP contribution in [0, 0.1) is 13.8 Å². The van der Waals surface area contributed by atoms with Gasteiger partial charge >= 0.3 is 5.97 Å². The lowest BCUT2D eigenvalue weighted by Crippen LogP contribution is -2.20. The van der Waals surface area contributed by atoms with Crippen molar-refractivity contribution in [1.29, 1.82) is 0 Å². The Morgan fingerprint density at radius 1 is 1.29 bits per heavy atom. The maximum absolute atomic E-state index is 12.1. The molecule has 1 heterocycles. The Bertz CT molecular complexity index is 921. The lowest BCUT2D eigenvalue weighted by atomic mass is 10.2. The monoisotopic (exact) mass is 402 g/mol. The molecular weight excluding hydrogens is 380 g/mol. The van der Waals surface area contributed by atoms with Crippen LogP contribution >= 0.6 is 11.8 Å². The molecule has 8 nitrogen and oxygen atoms in total. The van der Waals surface area contributed by atoms with Gasteiger partial charge in [-0.1, -0.05) is 12.1 Å². The van der Waals surface area contributed by atoms with Gasteiger partial charge in [0.1, 0.15) is 0 Å². The minimum absolute atomic E-state index is 0.0971. The predicted octanol–water partition coefficient (Wildman–Crippen LogP) is 1.81. The van der Waals surface area contributed by atoms with Crippen molar-refractivity contribution in [2.45, 2.75) is 18.7 Å². The van der Waals surface area contributed by atoms with Crippen molar-refractivity contribution in [2.24, 2.45) is 12.8 Å². The topological polar surface area (TPSA) is 116 Å². The molecule has 2 aromatic rings. The number of anilines is 1. The van der Waals surface area contributed by atoms with Gasteiger partial charge < -0.3 is 15.8 Å². The molecule has 2 amide bonds. The normalized spacial score (nSPS) is 10.8. The van der Waals surface area contributed by atoms with Crippen LogP contribution in [0.3, 0.4) is 0 Å². The van der Waals surface area contributed by atoms with Gasteiger partial charge in [-0.2, -0.15) is 5.10 Å². The molecule has 3 N–H and O–H groups in total. The number of nitrogens with one attached hydrogen (secondary N) is 1. The van der Waals surface area contributed by atoms with Gasteiger partial charge in [0.25, 0.3) is 5.91 Å². The average Bonchev–Trinajstić information content (AvgIpc) is 2.89. The third kappa shape index (κ3) is 5.98. The number of nitrogens with zero attached hydrogens (tertiary/aromatic N) is 2. The Labute approximate surface area is 167 Å². The van der Waals surface area contributed by atoms with E-state index in [1.165, 1.54) is 17.8 Å². The summed E-state index contributed by atoms with van der Waals surface area (Å²) in [6, 6.07) is 6.98. The van der Waals surface area contributed by atoms with Crippen molar-refractivity contribution >= 4 is 41.3 Å². The van der Waals surface area contributed by atoms with Gasteiger partial charge in [-0.05, 0) is 32.1 Å². The van der Waals surface area contributed by atoms with E-state index >= 15 is 0 Å². The predicted molar refractivity (Wildman–Crippen MR) is 108 cm³/mol. The average molecular weight is 402 g/mol. The van der Waals surface area contributed by atoms with Crippen LogP contribution in [0.25, 0.3) is 6.08 Å². The summed E-state index contributed by atoms with van der Waals surface area (Å²) in [6.07, 6.45) is 2.88. The number of carbonyl (C=O) groups is 3. The number of amides is 2. The van der Waals surface area contributed by atoms with Crippen LogP contribution in [0.5, 0.6) is 0 Å². The molecule has 28 heavy (non-hydrogen) atoms. The molecule has 0 bridgehead atoms. The van der Waals surface area contributed by atoms with Crippen LogP contribution in [0.2, 0.25) is 0 Å². The number of para-hydroxylation sites is 1. The van der Waals surface area contributed by atoms with Crippen molar-refractivity contribution in [3.05, 3.63) is 47.3 Å². The van der Waals surface area contributed by atoms with E-state index in [2.05, 4.69) is 10.4 Å². The molecule has 0 aliphatic heterocycles. The first kappa shape index (κ1) is 21.2. The number of carbonyl (C=O) groups excluding carboxylic acids is 3. The number of hydrogen-bond donors (Lipinski definition) is 2. The Kier molecular flexibility index (Phi) is 7.39. The Morgan fingerprint density at radius 2 is 2.00 bits per heavy atom. The van der Waals surface area contributed by atoms with E-state index in [1.54, 1.807) is 35.0 Å². The zero-order valence-corrected chi connectivity index (χ0v) is 16.7. The fraction of sp³-hybridized carbons (Fsp3) is 0.263. The SMILES string of the molecule is Cc1nn(C)c(C)c1/C=C/C(=O)OCC(=O)Nc1ccccc1SCC(N)=O. The van der Waals surface area contributed by atoms with E-state index in [1.807, 2.05) is 20.9 Å². The van der Waals surface area contributed by atoms with Gasteiger partial charge in [-0.15, -0.1) is 11.8 Å². The third-order valence-corrected chi connectivity index (χ3v) is 4.92. The van der Waals surface area contributed by atoms with Crippen LogP contribution in [0.4, 0.5) is 5.69 Å². The number of thioether (sulfide) groups is 1. The molecule has 1 aromatic heterocycles. The van der Waals surface area contributed by atoms with E-state index in [0.29, 0.717) is 10.6 Å². The highest BCUT2D eigenvalue weighted by Crippen LogP contribution is 2.26. The molecule has 0 spiro atoms. The first-order valence-electron chi connectivity index (χ1n) is 8.43. The molecule has 2 rings (SSSR count). The van der Waals surface area contributed by atoms with E-state index in [9.17, 15) is 14.4 Å². The second-order valence-electron chi connectivity index (χ2n) is 5.95. The number of ether oxygens (including phenoxy) is 1. The van der Waals surface area contributed by atoms with E-state index < -0.39 is 24.4 Å². The quantitative estimate of drug-likeness (QED) is 0.395. The lowest BCUT2D eigenvalue weighted by Gasteiger charge is -2.10. The molecule has 0 atom stereocenters. The number of aromatic nitrogens is 2. The Hall–Kier alpha value is -3.07. The van der Waals surface area contributed by atoms with Crippen LogP contribution in [-0.2, 0) is 26.2 Å². The largest absolute Gasteiger partial charge is 0.452 e. The summed E-state index contributed by atoms with van der Waals surface area (Å²) >= 11 is 1.22. The van der Waals surface area contributed by atoms with Gasteiger partial charge in [0, 0.05) is 29.3 Å². The number of nitrogens with two attached hydrogens (primary N) is 1. The molecule has 0 aliphatic rings. The minimum Gasteiger partial charge on any atom is -0.452 e. The summed E-state index contributed by atoms with van der Waals surface area (Å²) in [5.74, 6) is -1.47. The highest BCUT2D eigenvalue weighted by atomic mass is 32.2. The number of rotatable bonds is 8. The van der Waals surface area contributed by atoms with Gasteiger partial charge in [0.05, 0.1) is 17.1 Å². The molecule has 9 heteroatoms. The second kappa shape index (κ2) is 9.75. The van der Waals surface area contributed by atoms with Crippen molar-refractivity contribution in [3.8, 4) is 0 Å². The summed E-state index contributed by atoms with van der Waals surface area (Å²) in [5.41, 5.74) is 8.22. The third-order valence-electron chi connectivity index (χ3n) is 3.83. The zero-order chi connectivity index (χ0) is 20.7. The molecule has 1 aromatic carbocycles. The maximum atomic E-state index is 12.1. The van der Waals surface area contributed by atoms with Gasteiger partial charge in [-0.3, -0.25) is 14.3 Å². The summed E-state index contributed by atoms with van der Waals surface area (Å²) in [4.78, 5) is 35.6. The molecular formula is C19H22N4O4S. The number of esters is 1. The molecule has 148 valence electrons. The number of benzene rings is 1. The van der Waals surface area contributed by atoms with Gasteiger partial charge in [0.2, 0.25) is 5.91 Å². The van der Waals surface area contributed by atoms with E-state index in [4.69, 9.17) is 10.5 Å². The number of hydrogen-bond acceptors (Lipinski definition) is 6. The standard InChI is InChI=1S/C19H22N4O4S/c1-12-14(13(2)23(3)22-12)8-9-19(26)27-10-18(25)21-15-6-4-5-7-16(15)28-11-17(20)24/h4-9H,10-11H2,1-3H3,(H2,20,24)(H,21,25)/b9-8+. The molecule has 0 aliphatic carbocycles. The Balaban J connectivity index is 1.89. The lowest BCUT2D eigenvalue weighted by molar-refractivity contribution is -0.142. The highest BCUT2D eigenvalue weighted by Gasteiger charge is 2.11. The van der Waals surface area contributed by atoms with E-state index in [0.717, 1.165) is 17.0 Å². The summed E-state index contributed by atoms with van der Waals surface area (Å²) in [6.45, 7) is 3.31. The first-order valence-corrected chi connectivity index (χ1v) is 9.41. The van der Waals surface area contributed by atoms with Crippen molar-refractivity contribution < 1.29 is 19.1 Å². The van der Waals surface area contributed by atoms with Gasteiger partial charge in [-0.25, -0.2) is 4.79 Å². The number of aryl methyl sites for hydroxylation is 2. The van der Waals surface area contributed by atoms with Crippen LogP contribution in [0.1, 0.15) is 17.0 Å². The molecule has 0 radical (unpaired) electrons. The van der Waals surface area contributed by atoms with Crippen molar-refractivity contribution in [1.82, 2.24) is 9.78 Å². The second-order valence-corrected chi connectivity index (χ2v) is 6.97. The van der Waals surface area contributed by atoms with Crippen LogP contribution in [-0.4, -0.2) is 39.9 Å². The summed E-state index contributed by atoms with van der Waals surface area (Å²) in [7, 11) is 1.82. The Morgan fingerprint density at radius 3 is 2.64 bits per heavy atom. The highest BCUT2D eigenvalue weighted by molar-refractivity contribution is 8.00. The molecule has 0 saturated heterocycles. The van der Waals surface area contributed by atoms with Crippen LogP contribution < -0.4 is 11.1 Å². The smallest absolute Gasteiger partial charge is 0.331 e. The fourth-order valence-corrected chi connectivity index (χ4v) is 3.15. The summed E-state index contributed by atoms with van der Waals surface area (Å²) < 4.78 is 6.70. The molecule has 0 fully saturated rings.